The van der Waals surface area contributed by atoms with E-state index in [2.05, 4.69) is 31.2 Å². The van der Waals surface area contributed by atoms with Crippen LogP contribution in [-0.4, -0.2) is 145 Å². The summed E-state index contributed by atoms with van der Waals surface area (Å²) in [7, 11) is 1.91. The van der Waals surface area contributed by atoms with Gasteiger partial charge in [-0.15, -0.1) is 11.3 Å². The summed E-state index contributed by atoms with van der Waals surface area (Å²) in [6.45, 7) is 12.2. The molecule has 3 atom stereocenters. The van der Waals surface area contributed by atoms with Gasteiger partial charge in [0.15, 0.2) is 0 Å². The van der Waals surface area contributed by atoms with Crippen LogP contribution in [0.25, 0.3) is 10.4 Å². The Hall–Kier alpha value is -5.73. The number of hydrogen-bond donors (Lipinski definition) is 5. The molecular formula is C56H79N9O9S. The third-order valence-corrected chi connectivity index (χ3v) is 14.8. The fourth-order valence-electron chi connectivity index (χ4n) is 9.02. The van der Waals surface area contributed by atoms with Crippen molar-refractivity contribution in [2.75, 3.05) is 83.6 Å². The van der Waals surface area contributed by atoms with Crippen LogP contribution in [0.15, 0.2) is 60.2 Å². The maximum atomic E-state index is 14.0. The van der Waals surface area contributed by atoms with Crippen LogP contribution in [0.5, 0.6) is 5.75 Å². The van der Waals surface area contributed by atoms with E-state index < -0.39 is 35.4 Å². The fourth-order valence-corrected chi connectivity index (χ4v) is 9.84. The molecule has 5 N–H and O–H groups in total. The Morgan fingerprint density at radius 2 is 1.56 bits per heavy atom. The largest absolute Gasteiger partial charge is 0.494 e. The van der Waals surface area contributed by atoms with Gasteiger partial charge >= 0.3 is 0 Å². The smallest absolute Gasteiger partial charge is 0.246 e. The van der Waals surface area contributed by atoms with E-state index >= 15 is 0 Å². The number of hydrogen-bond acceptors (Lipinski definition) is 15. The summed E-state index contributed by atoms with van der Waals surface area (Å²) in [5.74, 6) is 1.94. The molecule has 2 aromatic carbocycles. The lowest BCUT2D eigenvalue weighted by Gasteiger charge is -2.35. The second-order valence-electron chi connectivity index (χ2n) is 21.1. The number of amides is 4. The minimum absolute atomic E-state index is 0.00168. The van der Waals surface area contributed by atoms with Crippen molar-refractivity contribution in [3.8, 4) is 16.2 Å². The Kier molecular flexibility index (Phi) is 21.6. The minimum Gasteiger partial charge on any atom is -0.494 e. The highest BCUT2D eigenvalue weighted by atomic mass is 32.1. The zero-order valence-corrected chi connectivity index (χ0v) is 45.4. The molecule has 1 aliphatic heterocycles. The minimum atomic E-state index is -0.939. The molecule has 2 aliphatic carbocycles. The molecule has 0 bridgehead atoms. The van der Waals surface area contributed by atoms with Gasteiger partial charge in [-0.25, -0.2) is 9.97 Å². The van der Waals surface area contributed by atoms with E-state index in [1.54, 1.807) is 11.3 Å². The summed E-state index contributed by atoms with van der Waals surface area (Å²) in [5.41, 5.74) is 6.08. The number of thiazole rings is 1. The highest BCUT2D eigenvalue weighted by Crippen LogP contribution is 2.43. The predicted molar refractivity (Wildman–Crippen MR) is 290 cm³/mol. The first-order valence-corrected chi connectivity index (χ1v) is 27.8. The number of aliphatic hydroxyl groups excluding tert-OH is 1. The topological polar surface area (TPSA) is 219 Å². The summed E-state index contributed by atoms with van der Waals surface area (Å²) in [6.07, 6.45) is 10.6. The molecule has 3 aliphatic rings. The molecule has 2 saturated carbocycles. The summed E-state index contributed by atoms with van der Waals surface area (Å²) in [6, 6.07) is 13.8. The quantitative estimate of drug-likeness (QED) is 0.0311. The molecule has 4 aromatic rings. The standard InChI is InChI=1S/C56H79N9O9S/c1-38-49(75-37-60-38)41-16-14-39(15-17-41)33-58-52(68)47-32-44(66)35-65(47)54(70)50(56(2,3)4)62-48(67)36-73-30-10-28-71-26-6-7-27-72-29-11-31-74-45-22-20-43(21-23-45)61-55-59-34-46(40-18-19-40)51(63-55)57-24-9-25-64(5)53(69)42-12-8-13-42/h14-17,20-23,34,37,40,42,44,47,50,66H,6-13,18-19,24-33,35-36H2,1-5H3,(H,58,68)(H,62,67)(H2,57,59,61,63)/t44-,47+,50-/m1/s1. The maximum Gasteiger partial charge on any atom is 0.246 e. The number of anilines is 3. The van der Waals surface area contributed by atoms with E-state index in [0.29, 0.717) is 57.9 Å². The lowest BCUT2D eigenvalue weighted by molar-refractivity contribution is -0.144. The highest BCUT2D eigenvalue weighted by Gasteiger charge is 2.44. The van der Waals surface area contributed by atoms with Crippen LogP contribution >= 0.6 is 11.3 Å². The van der Waals surface area contributed by atoms with Gasteiger partial charge in [-0.05, 0) is 105 Å². The third-order valence-electron chi connectivity index (χ3n) is 13.8. The number of nitrogens with one attached hydrogen (secondary N) is 4. The average Bonchev–Trinajstić information content (AvgIpc) is 4.01. The molecule has 3 heterocycles. The van der Waals surface area contributed by atoms with Crippen molar-refractivity contribution in [2.24, 2.45) is 11.3 Å². The molecule has 18 nitrogen and oxygen atoms in total. The van der Waals surface area contributed by atoms with Crippen LogP contribution in [0.2, 0.25) is 0 Å². The SMILES string of the molecule is Cc1ncsc1-c1ccc(CNC(=O)[C@@H]2C[C@@H](O)CN2C(=O)[C@@H](NC(=O)COCCCOCCCCOCCCOc2ccc(Nc3ncc(C4CC4)c(NCCCN(C)C(=O)C4CCC4)n3)cc2)C(C)(C)C)cc1. The summed E-state index contributed by atoms with van der Waals surface area (Å²) in [4.78, 5) is 71.0. The Bertz CT molecular complexity index is 2440. The number of β-amino-alcohol motifs (C(OH)–C–C–N with tert-alkyl or cyclic N) is 1. The van der Waals surface area contributed by atoms with E-state index in [1.165, 1.54) is 4.90 Å². The van der Waals surface area contributed by atoms with Crippen molar-refractivity contribution in [2.45, 2.75) is 129 Å². The van der Waals surface area contributed by atoms with Crippen molar-refractivity contribution in [3.05, 3.63) is 77.1 Å². The van der Waals surface area contributed by atoms with Crippen molar-refractivity contribution in [3.63, 3.8) is 0 Å². The number of rotatable bonds is 31. The lowest BCUT2D eigenvalue weighted by Crippen LogP contribution is -2.58. The van der Waals surface area contributed by atoms with Gasteiger partial charge < -0.3 is 55.1 Å². The number of carbonyl (C=O) groups is 4. The van der Waals surface area contributed by atoms with Gasteiger partial charge in [-0.2, -0.15) is 4.98 Å². The highest BCUT2D eigenvalue weighted by molar-refractivity contribution is 7.13. The first-order valence-electron chi connectivity index (χ1n) is 26.9. The zero-order valence-electron chi connectivity index (χ0n) is 44.6. The lowest BCUT2D eigenvalue weighted by atomic mass is 9.84. The summed E-state index contributed by atoms with van der Waals surface area (Å²) >= 11 is 1.58. The van der Waals surface area contributed by atoms with E-state index in [-0.39, 0.29) is 43.8 Å². The van der Waals surface area contributed by atoms with Crippen molar-refractivity contribution < 1.29 is 43.2 Å². The van der Waals surface area contributed by atoms with Crippen molar-refractivity contribution >= 4 is 52.4 Å². The van der Waals surface area contributed by atoms with Crippen LogP contribution in [0.3, 0.4) is 0 Å². The Balaban J connectivity index is 0.692. The number of aromatic nitrogens is 3. The fraction of sp³-hybridized carbons (Fsp3) is 0.589. The number of aliphatic hydroxyl groups is 1. The van der Waals surface area contributed by atoms with Crippen LogP contribution in [-0.2, 0) is 39.9 Å². The first kappa shape index (κ1) is 57.0. The molecule has 0 radical (unpaired) electrons. The molecule has 1 saturated heterocycles. The average molecular weight is 1050 g/mol. The summed E-state index contributed by atoms with van der Waals surface area (Å²) < 4.78 is 23.1. The van der Waals surface area contributed by atoms with E-state index in [4.69, 9.17) is 23.9 Å². The molecular weight excluding hydrogens is 975 g/mol. The van der Waals surface area contributed by atoms with Gasteiger partial charge in [0.2, 0.25) is 29.6 Å². The molecule has 19 heteroatoms. The van der Waals surface area contributed by atoms with Crippen LogP contribution in [0.4, 0.5) is 17.5 Å². The number of benzene rings is 2. The number of likely N-dealkylation sites (tertiary alicyclic amines) is 1. The third kappa shape index (κ3) is 17.7. The van der Waals surface area contributed by atoms with E-state index in [0.717, 1.165) is 115 Å². The summed E-state index contributed by atoms with van der Waals surface area (Å²) in [5, 5.41) is 23.2. The van der Waals surface area contributed by atoms with E-state index in [9.17, 15) is 24.3 Å². The molecule has 3 fully saturated rings. The molecule has 7 rings (SSSR count). The maximum absolute atomic E-state index is 14.0. The molecule has 4 amide bonds. The zero-order chi connectivity index (χ0) is 53.2. The normalized spacial score (nSPS) is 17.0. The monoisotopic (exact) mass is 1050 g/mol. The molecule has 0 unspecified atom stereocenters. The van der Waals surface area contributed by atoms with Crippen molar-refractivity contribution in [1.29, 1.82) is 0 Å². The van der Waals surface area contributed by atoms with Gasteiger partial charge in [0.1, 0.15) is 30.3 Å². The van der Waals surface area contributed by atoms with Crippen LogP contribution < -0.4 is 26.0 Å². The van der Waals surface area contributed by atoms with Gasteiger partial charge in [0.05, 0.1) is 28.8 Å². The number of nitrogens with zero attached hydrogens (tertiary/aromatic N) is 5. The number of unbranched alkanes of at least 4 members (excludes halogenated alkanes) is 1. The van der Waals surface area contributed by atoms with E-state index in [1.807, 2.05) is 99.9 Å². The van der Waals surface area contributed by atoms with Gasteiger partial charge in [-0.3, -0.25) is 19.2 Å². The van der Waals surface area contributed by atoms with Gasteiger partial charge in [0, 0.05) is 102 Å². The number of carbonyl (C=O) groups excluding carboxylic acids is 4. The molecule has 2 aromatic heterocycles. The Morgan fingerprint density at radius 1 is 0.867 bits per heavy atom. The van der Waals surface area contributed by atoms with Gasteiger partial charge in [-0.1, -0.05) is 51.5 Å². The first-order chi connectivity index (χ1) is 36.2. The Labute approximate surface area is 446 Å². The van der Waals surface area contributed by atoms with Crippen molar-refractivity contribution in [1.82, 2.24) is 35.4 Å². The molecule has 408 valence electrons. The molecule has 75 heavy (non-hydrogen) atoms. The number of aryl methyl sites for hydroxylation is 1. The second-order valence-corrected chi connectivity index (χ2v) is 21.9. The second kappa shape index (κ2) is 28.4. The predicted octanol–water partition coefficient (Wildman–Crippen LogP) is 7.39. The van der Waals surface area contributed by atoms with Crippen LogP contribution in [0, 0.1) is 18.3 Å². The number of ether oxygens (including phenoxy) is 4. The van der Waals surface area contributed by atoms with Gasteiger partial charge in [0.25, 0.3) is 0 Å². The Morgan fingerprint density at radius 3 is 2.21 bits per heavy atom. The molecule has 0 spiro atoms. The van der Waals surface area contributed by atoms with Crippen LogP contribution in [0.1, 0.15) is 114 Å².